The van der Waals surface area contributed by atoms with Gasteiger partial charge in [0.25, 0.3) is 0 Å². The van der Waals surface area contributed by atoms with Crippen LogP contribution in [0.3, 0.4) is 0 Å². The number of carbonyl (C=O) groups excluding carboxylic acids is 1. The topological polar surface area (TPSA) is 87.7 Å². The SMILES string of the molecule is CCNC(=NCc1ccc(OC)c(C(=O)OC)c1)NCCc1c[nH]c2cc(F)ccc12. The second-order valence-corrected chi connectivity index (χ2v) is 6.90. The average Bonchev–Trinajstić information content (AvgIpc) is 3.18. The highest BCUT2D eigenvalue weighted by atomic mass is 19.1. The Morgan fingerprint density at radius 2 is 2.00 bits per heavy atom. The lowest BCUT2D eigenvalue weighted by atomic mass is 10.1. The number of nitrogens with one attached hydrogen (secondary N) is 3. The van der Waals surface area contributed by atoms with Crippen LogP contribution in [0.25, 0.3) is 10.9 Å². The van der Waals surface area contributed by atoms with E-state index in [0.717, 1.165) is 28.5 Å². The van der Waals surface area contributed by atoms with E-state index in [4.69, 9.17) is 9.47 Å². The number of guanidine groups is 1. The minimum absolute atomic E-state index is 0.255. The molecule has 0 aliphatic carbocycles. The Bertz CT molecular complexity index is 1080. The van der Waals surface area contributed by atoms with E-state index in [2.05, 4.69) is 20.6 Å². The number of hydrogen-bond donors (Lipinski definition) is 3. The molecule has 0 bridgehead atoms. The van der Waals surface area contributed by atoms with Crippen molar-refractivity contribution >= 4 is 22.8 Å². The summed E-state index contributed by atoms with van der Waals surface area (Å²) in [5, 5.41) is 7.54. The summed E-state index contributed by atoms with van der Waals surface area (Å²) in [6.07, 6.45) is 2.66. The summed E-state index contributed by atoms with van der Waals surface area (Å²) in [5.74, 6) is 0.424. The molecule has 0 fully saturated rings. The zero-order valence-electron chi connectivity index (χ0n) is 17.9. The second-order valence-electron chi connectivity index (χ2n) is 6.90. The Kier molecular flexibility index (Phi) is 7.48. The van der Waals surface area contributed by atoms with Gasteiger partial charge in [0.15, 0.2) is 5.96 Å². The summed E-state index contributed by atoms with van der Waals surface area (Å²) >= 11 is 0. The van der Waals surface area contributed by atoms with Crippen LogP contribution in [0.1, 0.15) is 28.4 Å². The summed E-state index contributed by atoms with van der Waals surface area (Å²) in [7, 11) is 2.85. The first-order valence-corrected chi connectivity index (χ1v) is 10.1. The van der Waals surface area contributed by atoms with Crippen molar-refractivity contribution in [1.29, 1.82) is 0 Å². The zero-order valence-corrected chi connectivity index (χ0v) is 17.9. The van der Waals surface area contributed by atoms with E-state index in [1.807, 2.05) is 19.2 Å². The number of aromatic nitrogens is 1. The van der Waals surface area contributed by atoms with E-state index in [1.165, 1.54) is 26.4 Å². The minimum atomic E-state index is -0.452. The maximum atomic E-state index is 13.4. The van der Waals surface area contributed by atoms with E-state index in [-0.39, 0.29) is 5.82 Å². The molecule has 0 aliphatic heterocycles. The van der Waals surface area contributed by atoms with Crippen molar-refractivity contribution in [2.75, 3.05) is 27.3 Å². The molecule has 3 N–H and O–H groups in total. The first kappa shape index (κ1) is 22.1. The second kappa shape index (κ2) is 10.5. The summed E-state index contributed by atoms with van der Waals surface area (Å²) in [5.41, 5.74) is 3.12. The molecule has 0 aliphatic rings. The van der Waals surface area contributed by atoms with Crippen molar-refractivity contribution in [3.8, 4) is 5.75 Å². The van der Waals surface area contributed by atoms with E-state index < -0.39 is 5.97 Å². The fourth-order valence-corrected chi connectivity index (χ4v) is 3.32. The van der Waals surface area contributed by atoms with E-state index in [1.54, 1.807) is 18.2 Å². The Balaban J connectivity index is 1.65. The van der Waals surface area contributed by atoms with Crippen molar-refractivity contribution in [1.82, 2.24) is 15.6 Å². The van der Waals surface area contributed by atoms with Crippen LogP contribution in [-0.4, -0.2) is 44.2 Å². The monoisotopic (exact) mass is 426 g/mol. The average molecular weight is 426 g/mol. The molecular weight excluding hydrogens is 399 g/mol. The molecule has 0 saturated heterocycles. The highest BCUT2D eigenvalue weighted by molar-refractivity contribution is 5.92. The maximum absolute atomic E-state index is 13.4. The van der Waals surface area contributed by atoms with Gasteiger partial charge in [-0.25, -0.2) is 14.2 Å². The van der Waals surface area contributed by atoms with Gasteiger partial charge in [0.2, 0.25) is 0 Å². The van der Waals surface area contributed by atoms with Crippen molar-refractivity contribution in [2.24, 2.45) is 4.99 Å². The molecule has 3 aromatic rings. The van der Waals surface area contributed by atoms with Gasteiger partial charge < -0.3 is 25.1 Å². The summed E-state index contributed by atoms with van der Waals surface area (Å²) < 4.78 is 23.4. The molecule has 2 aromatic carbocycles. The molecule has 7 nitrogen and oxygen atoms in total. The van der Waals surface area contributed by atoms with E-state index >= 15 is 0 Å². The molecule has 31 heavy (non-hydrogen) atoms. The van der Waals surface area contributed by atoms with Gasteiger partial charge in [0.1, 0.15) is 17.1 Å². The highest BCUT2D eigenvalue weighted by Crippen LogP contribution is 2.21. The quantitative estimate of drug-likeness (QED) is 0.292. The molecule has 0 unspecified atom stereocenters. The number of benzene rings is 2. The first-order chi connectivity index (χ1) is 15.0. The summed E-state index contributed by atoms with van der Waals surface area (Å²) in [4.78, 5) is 19.7. The lowest BCUT2D eigenvalue weighted by Crippen LogP contribution is -2.38. The molecule has 0 atom stereocenters. The number of ether oxygens (including phenoxy) is 2. The normalized spacial score (nSPS) is 11.4. The number of fused-ring (bicyclic) bond motifs is 1. The Morgan fingerprint density at radius 3 is 2.74 bits per heavy atom. The lowest BCUT2D eigenvalue weighted by Gasteiger charge is -2.12. The molecule has 3 rings (SSSR count). The van der Waals surface area contributed by atoms with E-state index in [0.29, 0.717) is 36.9 Å². The number of H-pyrrole nitrogens is 1. The van der Waals surface area contributed by atoms with Gasteiger partial charge in [-0.05, 0) is 54.8 Å². The number of rotatable bonds is 8. The van der Waals surface area contributed by atoms with Crippen LogP contribution in [-0.2, 0) is 17.7 Å². The molecule has 8 heteroatoms. The smallest absolute Gasteiger partial charge is 0.341 e. The van der Waals surface area contributed by atoms with E-state index in [9.17, 15) is 9.18 Å². The number of carbonyl (C=O) groups is 1. The van der Waals surface area contributed by atoms with Gasteiger partial charge in [-0.15, -0.1) is 0 Å². The molecule has 0 amide bonds. The molecule has 0 saturated carbocycles. The number of esters is 1. The molecule has 1 aromatic heterocycles. The minimum Gasteiger partial charge on any atom is -0.496 e. The number of halogens is 1. The summed E-state index contributed by atoms with van der Waals surface area (Å²) in [6, 6.07) is 10.1. The van der Waals surface area contributed by atoms with Gasteiger partial charge in [0.05, 0.1) is 20.8 Å². The Hall–Kier alpha value is -3.55. The van der Waals surface area contributed by atoms with Crippen LogP contribution >= 0.6 is 0 Å². The number of nitrogens with zero attached hydrogens (tertiary/aromatic N) is 1. The largest absolute Gasteiger partial charge is 0.496 e. The maximum Gasteiger partial charge on any atom is 0.341 e. The molecular formula is C23H27FN4O3. The third-order valence-electron chi connectivity index (χ3n) is 4.85. The van der Waals surface area contributed by atoms with Crippen molar-refractivity contribution in [3.05, 3.63) is 65.1 Å². The third kappa shape index (κ3) is 5.53. The van der Waals surface area contributed by atoms with Crippen molar-refractivity contribution < 1.29 is 18.7 Å². The van der Waals surface area contributed by atoms with Gasteiger partial charge >= 0.3 is 5.97 Å². The molecule has 164 valence electrons. The number of aromatic amines is 1. The van der Waals surface area contributed by atoms with Crippen LogP contribution in [0.2, 0.25) is 0 Å². The van der Waals surface area contributed by atoms with Crippen LogP contribution in [0.4, 0.5) is 4.39 Å². The van der Waals surface area contributed by atoms with Crippen molar-refractivity contribution in [3.63, 3.8) is 0 Å². The zero-order chi connectivity index (χ0) is 22.2. The lowest BCUT2D eigenvalue weighted by molar-refractivity contribution is 0.0597. The number of methoxy groups -OCH3 is 2. The number of aliphatic imine (C=N–C) groups is 1. The Labute approximate surface area is 180 Å². The summed E-state index contributed by atoms with van der Waals surface area (Å²) in [6.45, 7) is 3.75. The van der Waals surface area contributed by atoms with Crippen molar-refractivity contribution in [2.45, 2.75) is 19.9 Å². The highest BCUT2D eigenvalue weighted by Gasteiger charge is 2.13. The third-order valence-corrected chi connectivity index (χ3v) is 4.85. The van der Waals surface area contributed by atoms with Crippen LogP contribution in [0.15, 0.2) is 47.6 Å². The predicted octanol–water partition coefficient (Wildman–Crippen LogP) is 3.40. The predicted molar refractivity (Wildman–Crippen MR) is 119 cm³/mol. The standard InChI is InChI=1S/C23H27FN4O3/c1-4-25-23(26-10-9-16-14-27-20-12-17(24)6-7-18(16)20)28-13-15-5-8-21(30-2)19(11-15)22(29)31-3/h5-8,11-12,14,27H,4,9-10,13H2,1-3H3,(H2,25,26,28). The Morgan fingerprint density at radius 1 is 1.16 bits per heavy atom. The van der Waals surface area contributed by atoms with Gasteiger partial charge in [-0.2, -0.15) is 0 Å². The van der Waals surface area contributed by atoms with Gasteiger partial charge in [0, 0.05) is 30.2 Å². The molecule has 0 spiro atoms. The van der Waals surface area contributed by atoms with Gasteiger partial charge in [-0.3, -0.25) is 0 Å². The molecule has 1 heterocycles. The fraction of sp³-hybridized carbons (Fsp3) is 0.304. The first-order valence-electron chi connectivity index (χ1n) is 10.1. The van der Waals surface area contributed by atoms with Crippen LogP contribution < -0.4 is 15.4 Å². The fourth-order valence-electron chi connectivity index (χ4n) is 3.32. The van der Waals surface area contributed by atoms with Gasteiger partial charge in [-0.1, -0.05) is 6.07 Å². The molecule has 0 radical (unpaired) electrons. The van der Waals surface area contributed by atoms with Crippen LogP contribution in [0, 0.1) is 5.82 Å². The number of hydrogen-bond acceptors (Lipinski definition) is 4. The van der Waals surface area contributed by atoms with Crippen LogP contribution in [0.5, 0.6) is 5.75 Å².